The molecule has 0 aromatic carbocycles. The maximum absolute atomic E-state index is 9.95. The van der Waals surface area contributed by atoms with Crippen LogP contribution in [0.1, 0.15) is 6.23 Å². The number of aromatic nitrogens is 4. The molecule has 158 valence electrons. The minimum Gasteiger partial charge on any atom is -0.394 e. The van der Waals surface area contributed by atoms with E-state index in [1.807, 2.05) is 0 Å². The minimum absolute atomic E-state index is 0.218. The minimum atomic E-state index is -5.05. The molecular formula is C10H17N5O11P2. The number of fused-ring (bicyclic) bond motifs is 1. The van der Waals surface area contributed by atoms with Crippen LogP contribution in [0.25, 0.3) is 11.2 Å². The molecule has 0 bridgehead atoms. The Kier molecular flexibility index (Phi) is 6.86. The van der Waals surface area contributed by atoms with E-state index in [1.54, 1.807) is 0 Å². The summed E-state index contributed by atoms with van der Waals surface area (Å²) in [7, 11) is -10.1. The van der Waals surface area contributed by atoms with Crippen molar-refractivity contribution in [1.29, 1.82) is 0 Å². The third-order valence-electron chi connectivity index (χ3n) is 3.39. The van der Waals surface area contributed by atoms with Gasteiger partial charge in [0.15, 0.2) is 17.7 Å². The summed E-state index contributed by atoms with van der Waals surface area (Å²) in [5, 5.41) is 28.7. The highest BCUT2D eigenvalue weighted by Gasteiger charge is 2.43. The molecule has 0 spiro atoms. The number of aliphatic hydroxyl groups excluding tert-OH is 3. The molecule has 3 heterocycles. The van der Waals surface area contributed by atoms with E-state index in [2.05, 4.69) is 19.3 Å². The second kappa shape index (κ2) is 8.44. The Morgan fingerprint density at radius 2 is 1.71 bits per heavy atom. The highest BCUT2D eigenvalue weighted by molar-refractivity contribution is 7.60. The molecule has 9 N–H and O–H groups in total. The Hall–Kier alpha value is -1.55. The predicted octanol–water partition coefficient (Wildman–Crippen LogP) is -2.79. The van der Waals surface area contributed by atoms with Crippen LogP contribution in [0.15, 0.2) is 12.7 Å². The molecule has 18 heteroatoms. The van der Waals surface area contributed by atoms with Crippen molar-refractivity contribution < 1.29 is 53.1 Å². The smallest absolute Gasteiger partial charge is 0.394 e. The van der Waals surface area contributed by atoms with Gasteiger partial charge in [0.25, 0.3) is 0 Å². The van der Waals surface area contributed by atoms with Gasteiger partial charge in [-0.2, -0.15) is 4.31 Å². The van der Waals surface area contributed by atoms with E-state index in [4.69, 9.17) is 35.2 Å². The fraction of sp³-hybridized carbons (Fsp3) is 0.500. The summed E-state index contributed by atoms with van der Waals surface area (Å²) in [6.45, 7) is -0.390. The number of aliphatic hydroxyl groups is 3. The molecule has 1 aliphatic heterocycles. The van der Waals surface area contributed by atoms with Gasteiger partial charge in [0, 0.05) is 0 Å². The van der Waals surface area contributed by atoms with Gasteiger partial charge in [-0.25, -0.2) is 24.1 Å². The van der Waals surface area contributed by atoms with Crippen LogP contribution in [0.2, 0.25) is 0 Å². The predicted molar refractivity (Wildman–Crippen MR) is 87.9 cm³/mol. The number of nitrogens with two attached hydrogens (primary N) is 1. The summed E-state index contributed by atoms with van der Waals surface area (Å²) < 4.78 is 29.1. The fourth-order valence-electron chi connectivity index (χ4n) is 2.30. The summed E-state index contributed by atoms with van der Waals surface area (Å²) in [6, 6.07) is 0. The molecule has 0 aliphatic carbocycles. The number of nitrogen functional groups attached to an aromatic ring is 1. The molecule has 28 heavy (non-hydrogen) atoms. The van der Waals surface area contributed by atoms with E-state index in [-0.39, 0.29) is 5.82 Å². The van der Waals surface area contributed by atoms with Crippen LogP contribution >= 0.6 is 15.6 Å². The highest BCUT2D eigenvalue weighted by Crippen LogP contribution is 2.53. The van der Waals surface area contributed by atoms with Crippen LogP contribution in [0, 0.1) is 0 Å². The number of nitrogens with zero attached hydrogens (tertiary/aromatic N) is 4. The van der Waals surface area contributed by atoms with Gasteiger partial charge in [0.05, 0.1) is 12.9 Å². The van der Waals surface area contributed by atoms with Crippen molar-refractivity contribution in [2.75, 3.05) is 12.3 Å². The first-order chi connectivity index (χ1) is 12.8. The van der Waals surface area contributed by atoms with Crippen molar-refractivity contribution in [2.45, 2.75) is 24.5 Å². The highest BCUT2D eigenvalue weighted by atomic mass is 31.3. The average Bonchev–Trinajstić information content (AvgIpc) is 3.08. The zero-order valence-corrected chi connectivity index (χ0v) is 15.5. The van der Waals surface area contributed by atoms with Gasteiger partial charge in [-0.05, 0) is 0 Å². The standard InChI is InChI=1S/C10H13N5O4.H4O7P2/c11-8-5-9(13-2-12-8)15(3-14-5)10-7(18)6(17)4(1-16)19-10;1-8(2,3)7-9(4,5)6/h2-4,6-7,10,16-18H,1H2,(H2,11,12,13);(H2,1,2,3)(H2,4,5,6)/t4-,6-,7+,10-;/m1./s1. The number of imidazole rings is 1. The van der Waals surface area contributed by atoms with Gasteiger partial charge in [-0.1, -0.05) is 0 Å². The molecule has 0 saturated carbocycles. The Morgan fingerprint density at radius 1 is 1.11 bits per heavy atom. The van der Waals surface area contributed by atoms with Crippen molar-refractivity contribution >= 4 is 32.6 Å². The third-order valence-corrected chi connectivity index (χ3v) is 5.09. The van der Waals surface area contributed by atoms with E-state index < -0.39 is 46.8 Å². The molecule has 3 rings (SSSR count). The van der Waals surface area contributed by atoms with E-state index in [9.17, 15) is 19.3 Å². The molecule has 0 radical (unpaired) electrons. The van der Waals surface area contributed by atoms with E-state index in [0.717, 1.165) is 0 Å². The molecule has 2 aromatic rings. The van der Waals surface area contributed by atoms with Gasteiger partial charge < -0.3 is 45.4 Å². The van der Waals surface area contributed by atoms with Gasteiger partial charge in [0.1, 0.15) is 30.2 Å². The number of phosphoric acid groups is 2. The zero-order chi connectivity index (χ0) is 21.3. The zero-order valence-electron chi connectivity index (χ0n) is 13.7. The molecule has 0 unspecified atom stereocenters. The first kappa shape index (κ1) is 22.7. The lowest BCUT2D eigenvalue weighted by Gasteiger charge is -2.16. The lowest BCUT2D eigenvalue weighted by atomic mass is 10.1. The lowest BCUT2D eigenvalue weighted by Crippen LogP contribution is -2.33. The SMILES string of the molecule is Nc1ncnc2c1ncn2[C@@H]1O[C@H](CO)[C@@H](O)[C@@H]1O.O=P(O)(O)OP(=O)(O)O. The topological polar surface area (TPSA) is 264 Å². The molecule has 0 amide bonds. The van der Waals surface area contributed by atoms with Gasteiger partial charge >= 0.3 is 15.6 Å². The molecular weight excluding hydrogens is 428 g/mol. The first-order valence-electron chi connectivity index (χ1n) is 7.22. The van der Waals surface area contributed by atoms with E-state index in [0.29, 0.717) is 11.2 Å². The second-order valence-electron chi connectivity index (χ2n) is 5.37. The summed E-state index contributed by atoms with van der Waals surface area (Å²) in [5.41, 5.74) is 6.44. The summed E-state index contributed by atoms with van der Waals surface area (Å²) in [5.74, 6) is 0.218. The first-order valence-corrected chi connectivity index (χ1v) is 10.3. The molecule has 1 saturated heterocycles. The van der Waals surface area contributed by atoms with Crippen molar-refractivity contribution in [3.05, 3.63) is 12.7 Å². The monoisotopic (exact) mass is 445 g/mol. The van der Waals surface area contributed by atoms with E-state index in [1.165, 1.54) is 17.2 Å². The Labute approximate surface area is 155 Å². The van der Waals surface area contributed by atoms with Crippen LogP contribution in [-0.2, 0) is 18.2 Å². The maximum Gasteiger partial charge on any atom is 0.478 e. The third kappa shape index (κ3) is 5.50. The van der Waals surface area contributed by atoms with Crippen molar-refractivity contribution in [3.63, 3.8) is 0 Å². The molecule has 16 nitrogen and oxygen atoms in total. The fourth-order valence-corrected chi connectivity index (χ4v) is 3.41. The van der Waals surface area contributed by atoms with Crippen molar-refractivity contribution in [2.24, 2.45) is 0 Å². The number of hydrogen-bond donors (Lipinski definition) is 8. The van der Waals surface area contributed by atoms with Gasteiger partial charge in [-0.3, -0.25) is 4.57 Å². The van der Waals surface area contributed by atoms with Gasteiger partial charge in [0.2, 0.25) is 0 Å². The van der Waals surface area contributed by atoms with Crippen molar-refractivity contribution in [1.82, 2.24) is 19.5 Å². The Balaban J connectivity index is 0.000000266. The number of ether oxygens (including phenoxy) is 1. The average molecular weight is 445 g/mol. The van der Waals surface area contributed by atoms with Crippen molar-refractivity contribution in [3.8, 4) is 0 Å². The lowest BCUT2D eigenvalue weighted by molar-refractivity contribution is -0.0511. The normalized spacial score (nSPS) is 25.5. The molecule has 2 aromatic heterocycles. The van der Waals surface area contributed by atoms with Crippen LogP contribution < -0.4 is 5.73 Å². The number of rotatable bonds is 4. The van der Waals surface area contributed by atoms with Crippen LogP contribution in [0.4, 0.5) is 5.82 Å². The van der Waals surface area contributed by atoms with Gasteiger partial charge in [-0.15, -0.1) is 0 Å². The summed E-state index contributed by atoms with van der Waals surface area (Å²) in [4.78, 5) is 42.9. The number of anilines is 1. The Bertz CT molecular complexity index is 892. The van der Waals surface area contributed by atoms with Crippen LogP contribution in [0.3, 0.4) is 0 Å². The van der Waals surface area contributed by atoms with Crippen LogP contribution in [0.5, 0.6) is 0 Å². The largest absolute Gasteiger partial charge is 0.478 e. The summed E-state index contributed by atoms with van der Waals surface area (Å²) >= 11 is 0. The maximum atomic E-state index is 9.95. The molecule has 1 aliphatic rings. The quantitative estimate of drug-likeness (QED) is 0.221. The second-order valence-corrected chi connectivity index (χ2v) is 7.99. The summed E-state index contributed by atoms with van der Waals surface area (Å²) in [6.07, 6.45) is -1.42. The molecule has 1 fully saturated rings. The Morgan fingerprint density at radius 3 is 2.18 bits per heavy atom. The number of hydrogen-bond acceptors (Lipinski definition) is 11. The van der Waals surface area contributed by atoms with Crippen LogP contribution in [-0.4, -0.2) is 79.3 Å². The molecule has 4 atom stereocenters. The van der Waals surface area contributed by atoms with E-state index >= 15 is 0 Å².